The molecule has 0 aliphatic carbocycles. The maximum Gasteiger partial charge on any atom is 0.162 e. The van der Waals surface area contributed by atoms with Crippen LogP contribution < -0.4 is 5.73 Å². The SMILES string of the molecule is C=C(N=C(N=C(N)c1ccccc1)c1ccccc1)c1cccc2oc3ccc(Cl)cc3c12. The molecule has 5 aromatic rings. The van der Waals surface area contributed by atoms with Crippen molar-refractivity contribution in [2.45, 2.75) is 0 Å². The van der Waals surface area contributed by atoms with Crippen molar-refractivity contribution >= 4 is 50.9 Å². The number of hydrogen-bond acceptors (Lipinski definition) is 2. The molecule has 160 valence electrons. The van der Waals surface area contributed by atoms with Gasteiger partial charge >= 0.3 is 0 Å². The Hall–Kier alpha value is -4.15. The molecule has 0 fully saturated rings. The van der Waals surface area contributed by atoms with Crippen LogP contribution in [0.1, 0.15) is 16.7 Å². The number of hydrogen-bond donors (Lipinski definition) is 1. The summed E-state index contributed by atoms with van der Waals surface area (Å²) >= 11 is 6.26. The van der Waals surface area contributed by atoms with Crippen LogP contribution in [0.25, 0.3) is 27.6 Å². The molecule has 0 radical (unpaired) electrons. The summed E-state index contributed by atoms with van der Waals surface area (Å²) in [7, 11) is 0. The predicted octanol–water partition coefficient (Wildman–Crippen LogP) is 7.06. The summed E-state index contributed by atoms with van der Waals surface area (Å²) in [6.45, 7) is 4.26. The third kappa shape index (κ3) is 4.16. The molecule has 0 saturated carbocycles. The largest absolute Gasteiger partial charge is 0.456 e. The smallest absolute Gasteiger partial charge is 0.162 e. The van der Waals surface area contributed by atoms with Crippen molar-refractivity contribution in [3.8, 4) is 0 Å². The Morgan fingerprint density at radius 3 is 2.18 bits per heavy atom. The molecule has 1 aromatic heterocycles. The van der Waals surface area contributed by atoms with Crippen LogP contribution in [0.2, 0.25) is 5.02 Å². The summed E-state index contributed by atoms with van der Waals surface area (Å²) in [6.07, 6.45) is 0. The van der Waals surface area contributed by atoms with Crippen LogP contribution in [-0.2, 0) is 0 Å². The van der Waals surface area contributed by atoms with E-state index in [1.54, 1.807) is 0 Å². The van der Waals surface area contributed by atoms with E-state index < -0.39 is 0 Å². The van der Waals surface area contributed by atoms with Crippen LogP contribution >= 0.6 is 11.6 Å². The zero-order valence-electron chi connectivity index (χ0n) is 17.7. The molecule has 2 N–H and O–H groups in total. The molecule has 0 aliphatic rings. The first-order valence-corrected chi connectivity index (χ1v) is 10.8. The molecule has 0 aliphatic heterocycles. The van der Waals surface area contributed by atoms with Crippen LogP contribution in [0.15, 0.2) is 118 Å². The first-order chi connectivity index (χ1) is 16.1. The molecule has 0 unspecified atom stereocenters. The van der Waals surface area contributed by atoms with Gasteiger partial charge in [0, 0.05) is 32.5 Å². The second-order valence-electron chi connectivity index (χ2n) is 7.53. The van der Waals surface area contributed by atoms with Crippen LogP contribution in [0.5, 0.6) is 0 Å². The zero-order valence-corrected chi connectivity index (χ0v) is 18.5. The highest BCUT2D eigenvalue weighted by molar-refractivity contribution is 6.32. The summed E-state index contributed by atoms with van der Waals surface area (Å²) in [5.74, 6) is 0.856. The Morgan fingerprint density at radius 1 is 0.758 bits per heavy atom. The van der Waals surface area contributed by atoms with Crippen molar-refractivity contribution in [2.24, 2.45) is 15.7 Å². The van der Waals surface area contributed by atoms with Gasteiger partial charge < -0.3 is 10.2 Å². The number of rotatable bonds is 4. The van der Waals surface area contributed by atoms with Gasteiger partial charge in [0.05, 0.1) is 5.70 Å². The molecule has 0 atom stereocenters. The lowest BCUT2D eigenvalue weighted by Crippen LogP contribution is -2.16. The average Bonchev–Trinajstić information content (AvgIpc) is 3.22. The Labute approximate surface area is 196 Å². The van der Waals surface area contributed by atoms with Crippen molar-refractivity contribution < 1.29 is 4.42 Å². The maximum atomic E-state index is 6.32. The maximum absolute atomic E-state index is 6.32. The minimum absolute atomic E-state index is 0.379. The third-order valence-corrected chi connectivity index (χ3v) is 5.57. The van der Waals surface area contributed by atoms with Crippen LogP contribution in [0.4, 0.5) is 0 Å². The van der Waals surface area contributed by atoms with Gasteiger partial charge in [-0.2, -0.15) is 0 Å². The number of aliphatic imine (C=N–C) groups is 2. The number of halogens is 1. The fraction of sp³-hybridized carbons (Fsp3) is 0. The molecule has 1 heterocycles. The van der Waals surface area contributed by atoms with Gasteiger partial charge in [0.15, 0.2) is 5.84 Å². The predicted molar refractivity (Wildman–Crippen MR) is 138 cm³/mol. The van der Waals surface area contributed by atoms with Gasteiger partial charge in [0.25, 0.3) is 0 Å². The second-order valence-corrected chi connectivity index (χ2v) is 7.97. The molecule has 33 heavy (non-hydrogen) atoms. The van der Waals surface area contributed by atoms with Crippen LogP contribution in [0, 0.1) is 0 Å². The minimum Gasteiger partial charge on any atom is -0.456 e. The first kappa shape index (κ1) is 20.7. The molecular weight excluding hydrogens is 430 g/mol. The second kappa shape index (κ2) is 8.77. The quantitative estimate of drug-likeness (QED) is 0.235. The third-order valence-electron chi connectivity index (χ3n) is 5.34. The lowest BCUT2D eigenvalue weighted by Gasteiger charge is -2.08. The van der Waals surface area contributed by atoms with E-state index in [-0.39, 0.29) is 0 Å². The molecule has 0 saturated heterocycles. The molecule has 4 aromatic carbocycles. The lowest BCUT2D eigenvalue weighted by molar-refractivity contribution is 0.669. The highest BCUT2D eigenvalue weighted by atomic mass is 35.5. The highest BCUT2D eigenvalue weighted by Crippen LogP contribution is 2.35. The lowest BCUT2D eigenvalue weighted by atomic mass is 10.0. The van der Waals surface area contributed by atoms with Crippen molar-refractivity contribution in [1.82, 2.24) is 0 Å². The van der Waals surface area contributed by atoms with Crippen LogP contribution in [-0.4, -0.2) is 11.7 Å². The highest BCUT2D eigenvalue weighted by Gasteiger charge is 2.14. The Kier molecular flexibility index (Phi) is 5.51. The molecule has 0 spiro atoms. The monoisotopic (exact) mass is 449 g/mol. The van der Waals surface area contributed by atoms with Gasteiger partial charge in [0.2, 0.25) is 0 Å². The standard InChI is InChI=1S/C28H20ClN3O/c1-18(22-13-8-14-25-26(22)23-17-21(29)15-16-24(23)33-25)31-28(20-11-6-3-7-12-20)32-27(30)19-9-4-2-5-10-19/h2-17H,1H2,(H2,30,31,32). The van der Waals surface area contributed by atoms with Crippen molar-refractivity contribution in [1.29, 1.82) is 0 Å². The Bertz CT molecular complexity index is 1530. The van der Waals surface area contributed by atoms with E-state index in [9.17, 15) is 0 Å². The normalized spacial score (nSPS) is 12.4. The fourth-order valence-corrected chi connectivity index (χ4v) is 3.93. The van der Waals surface area contributed by atoms with Gasteiger partial charge in [-0.1, -0.05) is 91.0 Å². The van der Waals surface area contributed by atoms with Gasteiger partial charge in [-0.3, -0.25) is 0 Å². The Morgan fingerprint density at radius 2 is 1.45 bits per heavy atom. The van der Waals surface area contributed by atoms with E-state index >= 15 is 0 Å². The number of benzene rings is 4. The van der Waals surface area contributed by atoms with E-state index in [2.05, 4.69) is 11.6 Å². The van der Waals surface area contributed by atoms with Gasteiger partial charge in [0.1, 0.15) is 17.0 Å². The van der Waals surface area contributed by atoms with Crippen LogP contribution in [0.3, 0.4) is 0 Å². The van der Waals surface area contributed by atoms with E-state index in [0.717, 1.165) is 38.6 Å². The average molecular weight is 450 g/mol. The molecule has 0 amide bonds. The summed E-state index contributed by atoms with van der Waals surface area (Å²) in [5.41, 5.74) is 10.9. The van der Waals surface area contributed by atoms with Gasteiger partial charge in [-0.05, 0) is 24.3 Å². The van der Waals surface area contributed by atoms with Gasteiger partial charge in [-0.15, -0.1) is 0 Å². The molecular formula is C28H20ClN3O. The first-order valence-electron chi connectivity index (χ1n) is 10.4. The zero-order chi connectivity index (χ0) is 22.8. The summed E-state index contributed by atoms with van der Waals surface area (Å²) < 4.78 is 6.01. The topological polar surface area (TPSA) is 63.9 Å². The molecule has 5 rings (SSSR count). The van der Waals surface area contributed by atoms with E-state index in [0.29, 0.717) is 22.4 Å². The fourth-order valence-electron chi connectivity index (χ4n) is 3.76. The number of nitrogens with zero attached hydrogens (tertiary/aromatic N) is 2. The summed E-state index contributed by atoms with van der Waals surface area (Å²) in [5, 5.41) is 2.47. The number of fused-ring (bicyclic) bond motifs is 3. The summed E-state index contributed by atoms with van der Waals surface area (Å²) in [6, 6.07) is 30.7. The molecule has 0 bridgehead atoms. The number of nitrogens with two attached hydrogens (primary N) is 1. The van der Waals surface area contributed by atoms with Crippen molar-refractivity contribution in [2.75, 3.05) is 0 Å². The van der Waals surface area contributed by atoms with Gasteiger partial charge in [-0.25, -0.2) is 9.98 Å². The summed E-state index contributed by atoms with van der Waals surface area (Å²) in [4.78, 5) is 9.49. The number of amidine groups is 2. The van der Waals surface area contributed by atoms with Crippen molar-refractivity contribution in [3.63, 3.8) is 0 Å². The molecule has 5 heteroatoms. The van der Waals surface area contributed by atoms with E-state index in [1.807, 2.05) is 97.1 Å². The Balaban J connectivity index is 1.66. The van der Waals surface area contributed by atoms with Crippen molar-refractivity contribution in [3.05, 3.63) is 125 Å². The van der Waals surface area contributed by atoms with E-state index in [4.69, 9.17) is 26.7 Å². The number of furan rings is 1. The molecule has 4 nitrogen and oxygen atoms in total. The minimum atomic E-state index is 0.379. The van der Waals surface area contributed by atoms with E-state index in [1.165, 1.54) is 0 Å².